The SMILES string of the molecule is CC(C)=NNc1cc2c(nn1)CCN(C(=O)c1ccccc1F)C2. The smallest absolute Gasteiger partial charge is 0.257 e. The van der Waals surface area contributed by atoms with Gasteiger partial charge in [-0.25, -0.2) is 4.39 Å². The Kier molecular flexibility index (Phi) is 4.50. The van der Waals surface area contributed by atoms with Crippen LogP contribution in [0.4, 0.5) is 10.2 Å². The maximum atomic E-state index is 13.8. The molecule has 124 valence electrons. The first-order chi connectivity index (χ1) is 11.5. The van der Waals surface area contributed by atoms with Crippen LogP contribution in [0, 0.1) is 5.82 Å². The molecule has 1 aliphatic heterocycles. The minimum atomic E-state index is -0.503. The Morgan fingerprint density at radius 3 is 2.83 bits per heavy atom. The Morgan fingerprint density at radius 1 is 1.29 bits per heavy atom. The van der Waals surface area contributed by atoms with E-state index in [-0.39, 0.29) is 11.5 Å². The van der Waals surface area contributed by atoms with Crippen LogP contribution >= 0.6 is 0 Å². The Hall–Kier alpha value is -2.83. The van der Waals surface area contributed by atoms with E-state index in [1.807, 2.05) is 19.9 Å². The molecule has 1 aromatic heterocycles. The average molecular weight is 327 g/mol. The molecule has 0 aliphatic carbocycles. The number of hydrogen-bond donors (Lipinski definition) is 1. The molecule has 0 saturated heterocycles. The number of benzene rings is 1. The summed E-state index contributed by atoms with van der Waals surface area (Å²) in [5, 5.41) is 12.4. The molecule has 0 spiro atoms. The zero-order chi connectivity index (χ0) is 17.1. The minimum Gasteiger partial charge on any atom is -0.334 e. The molecule has 0 unspecified atom stereocenters. The molecule has 2 heterocycles. The maximum absolute atomic E-state index is 13.8. The topological polar surface area (TPSA) is 70.5 Å². The highest BCUT2D eigenvalue weighted by atomic mass is 19.1. The normalized spacial score (nSPS) is 13.2. The van der Waals surface area contributed by atoms with Crippen LogP contribution in [0.3, 0.4) is 0 Å². The van der Waals surface area contributed by atoms with Crippen LogP contribution in [0.1, 0.15) is 35.5 Å². The van der Waals surface area contributed by atoms with Crippen molar-refractivity contribution in [1.82, 2.24) is 15.1 Å². The number of amides is 1. The van der Waals surface area contributed by atoms with E-state index in [4.69, 9.17) is 0 Å². The molecule has 2 aromatic rings. The molecule has 1 aliphatic rings. The van der Waals surface area contributed by atoms with E-state index >= 15 is 0 Å². The van der Waals surface area contributed by atoms with Gasteiger partial charge in [0.05, 0.1) is 11.3 Å². The summed E-state index contributed by atoms with van der Waals surface area (Å²) in [6.45, 7) is 4.61. The number of aromatic nitrogens is 2. The predicted octanol–water partition coefficient (Wildman–Crippen LogP) is 2.62. The Morgan fingerprint density at radius 2 is 2.08 bits per heavy atom. The third-order valence-electron chi connectivity index (χ3n) is 3.73. The van der Waals surface area contributed by atoms with Gasteiger partial charge in [-0.05, 0) is 37.6 Å². The molecule has 0 atom stereocenters. The fourth-order valence-electron chi connectivity index (χ4n) is 2.53. The van der Waals surface area contributed by atoms with E-state index < -0.39 is 5.82 Å². The molecule has 6 nitrogen and oxygen atoms in total. The van der Waals surface area contributed by atoms with Crippen LogP contribution in [0.15, 0.2) is 35.4 Å². The molecular weight excluding hydrogens is 309 g/mol. The molecule has 1 N–H and O–H groups in total. The zero-order valence-electron chi connectivity index (χ0n) is 13.6. The van der Waals surface area contributed by atoms with Gasteiger partial charge in [0.15, 0.2) is 5.82 Å². The Labute approximate surface area is 139 Å². The summed E-state index contributed by atoms with van der Waals surface area (Å²) in [5.41, 5.74) is 5.54. The van der Waals surface area contributed by atoms with Crippen LogP contribution in [-0.4, -0.2) is 33.3 Å². The molecule has 24 heavy (non-hydrogen) atoms. The third kappa shape index (κ3) is 3.40. The van der Waals surface area contributed by atoms with Crippen LogP contribution in [0.25, 0.3) is 0 Å². The summed E-state index contributed by atoms with van der Waals surface area (Å²) in [7, 11) is 0. The number of anilines is 1. The van der Waals surface area contributed by atoms with Crippen LogP contribution in [0.2, 0.25) is 0 Å². The molecule has 0 radical (unpaired) electrons. The number of hydrazone groups is 1. The first-order valence-corrected chi connectivity index (χ1v) is 7.71. The van der Waals surface area contributed by atoms with Crippen molar-refractivity contribution in [3.8, 4) is 0 Å². The summed E-state index contributed by atoms with van der Waals surface area (Å²) < 4.78 is 13.8. The highest BCUT2D eigenvalue weighted by Gasteiger charge is 2.24. The lowest BCUT2D eigenvalue weighted by Gasteiger charge is -2.28. The quantitative estimate of drug-likeness (QED) is 0.695. The molecule has 1 amide bonds. The van der Waals surface area contributed by atoms with Crippen molar-refractivity contribution in [1.29, 1.82) is 0 Å². The number of nitrogens with zero attached hydrogens (tertiary/aromatic N) is 4. The van der Waals surface area contributed by atoms with E-state index in [0.29, 0.717) is 25.3 Å². The van der Waals surface area contributed by atoms with Gasteiger partial charge in [0, 0.05) is 25.2 Å². The second kappa shape index (κ2) is 6.74. The number of rotatable bonds is 3. The lowest BCUT2D eigenvalue weighted by atomic mass is 10.0. The van der Waals surface area contributed by atoms with Gasteiger partial charge in [-0.2, -0.15) is 10.2 Å². The van der Waals surface area contributed by atoms with E-state index in [0.717, 1.165) is 17.0 Å². The Bertz CT molecular complexity index is 801. The standard InChI is InChI=1S/C17H18FN5O/c1-11(2)19-21-16-9-12-10-23(8-7-15(12)20-22-16)17(24)13-5-3-4-6-14(13)18/h3-6,9H,7-8,10H2,1-2H3,(H,21,22). The first kappa shape index (κ1) is 16.0. The molecular formula is C17H18FN5O. The summed E-state index contributed by atoms with van der Waals surface area (Å²) in [6.07, 6.45) is 0.596. The van der Waals surface area contributed by atoms with Gasteiger partial charge in [-0.15, -0.1) is 5.10 Å². The molecule has 0 saturated carbocycles. The molecule has 1 aromatic carbocycles. The van der Waals surface area contributed by atoms with Crippen molar-refractivity contribution in [2.24, 2.45) is 5.10 Å². The number of fused-ring (bicyclic) bond motifs is 1. The molecule has 0 fully saturated rings. The summed E-state index contributed by atoms with van der Waals surface area (Å²) in [5.74, 6) is -0.293. The van der Waals surface area contributed by atoms with Crippen LogP contribution < -0.4 is 5.43 Å². The van der Waals surface area contributed by atoms with E-state index in [2.05, 4.69) is 20.7 Å². The van der Waals surface area contributed by atoms with Gasteiger partial charge in [-0.3, -0.25) is 10.2 Å². The van der Waals surface area contributed by atoms with Gasteiger partial charge in [-0.1, -0.05) is 12.1 Å². The van der Waals surface area contributed by atoms with Crippen molar-refractivity contribution < 1.29 is 9.18 Å². The van der Waals surface area contributed by atoms with Crippen molar-refractivity contribution in [3.05, 3.63) is 53.0 Å². The largest absolute Gasteiger partial charge is 0.334 e. The van der Waals surface area contributed by atoms with Gasteiger partial charge >= 0.3 is 0 Å². The van der Waals surface area contributed by atoms with Crippen molar-refractivity contribution in [2.75, 3.05) is 12.0 Å². The van der Waals surface area contributed by atoms with Crippen molar-refractivity contribution in [3.63, 3.8) is 0 Å². The van der Waals surface area contributed by atoms with E-state index in [1.165, 1.54) is 12.1 Å². The van der Waals surface area contributed by atoms with Gasteiger partial charge in [0.2, 0.25) is 0 Å². The number of carbonyl (C=O) groups is 1. The summed E-state index contributed by atoms with van der Waals surface area (Å²) in [4.78, 5) is 14.2. The monoisotopic (exact) mass is 327 g/mol. The maximum Gasteiger partial charge on any atom is 0.257 e. The van der Waals surface area contributed by atoms with Gasteiger partial charge in [0.1, 0.15) is 5.82 Å². The average Bonchev–Trinajstić information content (AvgIpc) is 2.59. The molecule has 7 heteroatoms. The second-order valence-electron chi connectivity index (χ2n) is 5.83. The molecule has 3 rings (SSSR count). The van der Waals surface area contributed by atoms with Crippen LogP contribution in [0.5, 0.6) is 0 Å². The molecule has 0 bridgehead atoms. The third-order valence-corrected chi connectivity index (χ3v) is 3.73. The van der Waals surface area contributed by atoms with Gasteiger partial charge in [0.25, 0.3) is 5.91 Å². The summed E-state index contributed by atoms with van der Waals surface area (Å²) in [6, 6.07) is 7.86. The zero-order valence-corrected chi connectivity index (χ0v) is 13.6. The first-order valence-electron chi connectivity index (χ1n) is 7.71. The second-order valence-corrected chi connectivity index (χ2v) is 5.83. The predicted molar refractivity (Wildman–Crippen MR) is 89.3 cm³/mol. The number of nitrogens with one attached hydrogen (secondary N) is 1. The van der Waals surface area contributed by atoms with Gasteiger partial charge < -0.3 is 4.90 Å². The summed E-state index contributed by atoms with van der Waals surface area (Å²) >= 11 is 0. The Balaban J connectivity index is 1.80. The lowest BCUT2D eigenvalue weighted by molar-refractivity contribution is 0.0728. The fraction of sp³-hybridized carbons (Fsp3) is 0.294. The number of hydrogen-bond acceptors (Lipinski definition) is 5. The van der Waals surface area contributed by atoms with E-state index in [9.17, 15) is 9.18 Å². The fourth-order valence-corrected chi connectivity index (χ4v) is 2.53. The van der Waals surface area contributed by atoms with Crippen molar-refractivity contribution in [2.45, 2.75) is 26.8 Å². The minimum absolute atomic E-state index is 0.0903. The van der Waals surface area contributed by atoms with Crippen molar-refractivity contribution >= 4 is 17.4 Å². The highest BCUT2D eigenvalue weighted by Crippen LogP contribution is 2.21. The number of halogens is 1. The van der Waals surface area contributed by atoms with Crippen LogP contribution in [-0.2, 0) is 13.0 Å². The highest BCUT2D eigenvalue weighted by molar-refractivity contribution is 5.94. The lowest BCUT2D eigenvalue weighted by Crippen LogP contribution is -2.37. The number of carbonyl (C=O) groups excluding carboxylic acids is 1. The van der Waals surface area contributed by atoms with E-state index in [1.54, 1.807) is 17.0 Å².